The first kappa shape index (κ1) is 17.2. The van der Waals surface area contributed by atoms with E-state index in [9.17, 15) is 13.6 Å². The third-order valence-electron chi connectivity index (χ3n) is 1.87. The summed E-state index contributed by atoms with van der Waals surface area (Å²) in [4.78, 5) is 11.2. The van der Waals surface area contributed by atoms with Gasteiger partial charge in [-0.15, -0.1) is 0 Å². The molecule has 4 nitrogen and oxygen atoms in total. The fraction of sp³-hybridized carbons (Fsp3) is 0.462. The van der Waals surface area contributed by atoms with Crippen LogP contribution in [0.2, 0.25) is 0 Å². The molecule has 0 saturated heterocycles. The highest BCUT2D eigenvalue weighted by atomic mass is 19.3. The van der Waals surface area contributed by atoms with Gasteiger partial charge in [0.1, 0.15) is 0 Å². The van der Waals surface area contributed by atoms with Crippen LogP contribution >= 0.6 is 0 Å². The fourth-order valence-electron chi connectivity index (χ4n) is 1.19. The number of methoxy groups -OCH3 is 2. The summed E-state index contributed by atoms with van der Waals surface area (Å²) >= 11 is 0. The largest absolute Gasteiger partial charge is 0.493 e. The van der Waals surface area contributed by atoms with Gasteiger partial charge in [0.2, 0.25) is 0 Å². The van der Waals surface area contributed by atoms with Crippen LogP contribution in [0.3, 0.4) is 0 Å². The molecule has 1 aromatic carbocycles. The molecule has 1 aromatic rings. The molecular weight excluding hydrogens is 258 g/mol. The molecule has 0 radical (unpaired) electrons. The van der Waals surface area contributed by atoms with Crippen molar-refractivity contribution in [2.24, 2.45) is 0 Å². The van der Waals surface area contributed by atoms with Crippen LogP contribution < -0.4 is 9.47 Å². The lowest BCUT2D eigenvalue weighted by atomic mass is 10.2. The molecule has 0 saturated carbocycles. The lowest BCUT2D eigenvalue weighted by molar-refractivity contribution is -0.159. The summed E-state index contributed by atoms with van der Waals surface area (Å²) in [6.45, 7) is 4.61. The molecule has 108 valence electrons. The summed E-state index contributed by atoms with van der Waals surface area (Å²) in [5.41, 5.74) is 0.191. The minimum atomic E-state index is -3.32. The van der Waals surface area contributed by atoms with Crippen molar-refractivity contribution < 1.29 is 27.8 Å². The molecule has 19 heavy (non-hydrogen) atoms. The zero-order valence-electron chi connectivity index (χ0n) is 11.6. The lowest BCUT2D eigenvalue weighted by Gasteiger charge is -2.15. The van der Waals surface area contributed by atoms with Gasteiger partial charge in [-0.2, -0.15) is 8.78 Å². The molecule has 6 heteroatoms. The second-order valence-electron chi connectivity index (χ2n) is 3.27. The summed E-state index contributed by atoms with van der Waals surface area (Å²) < 4.78 is 39.1. The van der Waals surface area contributed by atoms with Crippen molar-refractivity contribution in [3.63, 3.8) is 0 Å². The molecule has 0 aliphatic carbocycles. The number of benzene rings is 1. The van der Waals surface area contributed by atoms with E-state index in [0.29, 0.717) is 6.92 Å². The SMILES string of the molecule is CC.COC(=O)c1ccc(OC(C)(F)F)c(OC)c1. The molecule has 0 fully saturated rings. The molecule has 0 heterocycles. The number of carbonyl (C=O) groups is 1. The maximum Gasteiger partial charge on any atom is 0.395 e. The highest BCUT2D eigenvalue weighted by Gasteiger charge is 2.25. The Hall–Kier alpha value is -1.85. The summed E-state index contributed by atoms with van der Waals surface area (Å²) in [6, 6.07) is 3.81. The van der Waals surface area contributed by atoms with Gasteiger partial charge in [-0.05, 0) is 18.2 Å². The van der Waals surface area contributed by atoms with E-state index in [1.807, 2.05) is 13.8 Å². The number of hydrogen-bond acceptors (Lipinski definition) is 4. The first-order valence-corrected chi connectivity index (χ1v) is 5.70. The van der Waals surface area contributed by atoms with Gasteiger partial charge in [0.15, 0.2) is 11.5 Å². The van der Waals surface area contributed by atoms with Crippen molar-refractivity contribution in [3.8, 4) is 11.5 Å². The molecule has 0 unspecified atom stereocenters. The van der Waals surface area contributed by atoms with E-state index in [0.717, 1.165) is 0 Å². The number of rotatable bonds is 4. The first-order chi connectivity index (χ1) is 8.87. The molecule has 0 aromatic heterocycles. The van der Waals surface area contributed by atoms with Gasteiger partial charge in [-0.1, -0.05) is 13.8 Å². The van der Waals surface area contributed by atoms with Gasteiger partial charge in [0, 0.05) is 6.92 Å². The Kier molecular flexibility index (Phi) is 6.82. The Morgan fingerprint density at radius 1 is 1.16 bits per heavy atom. The van der Waals surface area contributed by atoms with E-state index in [1.54, 1.807) is 0 Å². The van der Waals surface area contributed by atoms with E-state index in [1.165, 1.54) is 32.4 Å². The number of hydrogen-bond donors (Lipinski definition) is 0. The molecule has 0 bridgehead atoms. The van der Waals surface area contributed by atoms with Gasteiger partial charge < -0.3 is 14.2 Å². The number of esters is 1. The average molecular weight is 276 g/mol. The smallest absolute Gasteiger partial charge is 0.395 e. The zero-order chi connectivity index (χ0) is 15.1. The molecule has 0 N–H and O–H groups in total. The highest BCUT2D eigenvalue weighted by Crippen LogP contribution is 2.32. The van der Waals surface area contributed by atoms with Gasteiger partial charge in [-0.25, -0.2) is 4.79 Å². The normalized spacial score (nSPS) is 10.1. The summed E-state index contributed by atoms with van der Waals surface area (Å²) in [5.74, 6) is -0.694. The molecule has 0 amide bonds. The molecule has 0 atom stereocenters. The van der Waals surface area contributed by atoms with Crippen molar-refractivity contribution in [3.05, 3.63) is 23.8 Å². The number of carbonyl (C=O) groups excluding carboxylic acids is 1. The molecule has 0 aliphatic rings. The second-order valence-corrected chi connectivity index (χ2v) is 3.27. The summed E-state index contributed by atoms with van der Waals surface area (Å²) in [7, 11) is 2.51. The Labute approximate surface area is 111 Å². The maximum absolute atomic E-state index is 12.7. The van der Waals surface area contributed by atoms with Crippen LogP contribution in [-0.4, -0.2) is 26.3 Å². The average Bonchev–Trinajstić information content (AvgIpc) is 2.39. The van der Waals surface area contributed by atoms with Crippen LogP contribution in [0.25, 0.3) is 0 Å². The van der Waals surface area contributed by atoms with E-state index in [4.69, 9.17) is 4.74 Å². The number of alkyl halides is 2. The quantitative estimate of drug-likeness (QED) is 0.789. The van der Waals surface area contributed by atoms with Gasteiger partial charge in [0.25, 0.3) is 0 Å². The third kappa shape index (κ3) is 5.54. The fourth-order valence-corrected chi connectivity index (χ4v) is 1.19. The van der Waals surface area contributed by atoms with Crippen LogP contribution in [0.1, 0.15) is 31.1 Å². The van der Waals surface area contributed by atoms with E-state index >= 15 is 0 Å². The predicted molar refractivity (Wildman–Crippen MR) is 66.9 cm³/mol. The summed E-state index contributed by atoms with van der Waals surface area (Å²) in [6.07, 6.45) is -3.32. The van der Waals surface area contributed by atoms with E-state index < -0.39 is 12.1 Å². The van der Waals surface area contributed by atoms with Gasteiger partial charge in [0.05, 0.1) is 19.8 Å². The van der Waals surface area contributed by atoms with Crippen molar-refractivity contribution in [2.75, 3.05) is 14.2 Å². The van der Waals surface area contributed by atoms with Gasteiger partial charge >= 0.3 is 12.1 Å². The Morgan fingerprint density at radius 2 is 1.74 bits per heavy atom. The Morgan fingerprint density at radius 3 is 2.16 bits per heavy atom. The maximum atomic E-state index is 12.7. The lowest BCUT2D eigenvalue weighted by Crippen LogP contribution is -2.19. The van der Waals surface area contributed by atoms with Crippen LogP contribution in [0.15, 0.2) is 18.2 Å². The topological polar surface area (TPSA) is 44.8 Å². The Balaban J connectivity index is 0.00000154. The van der Waals surface area contributed by atoms with Gasteiger partial charge in [-0.3, -0.25) is 0 Å². The zero-order valence-corrected chi connectivity index (χ0v) is 11.6. The first-order valence-electron chi connectivity index (χ1n) is 5.70. The minimum absolute atomic E-state index is 0.0365. The van der Waals surface area contributed by atoms with E-state index in [-0.39, 0.29) is 17.1 Å². The predicted octanol–water partition coefficient (Wildman–Crippen LogP) is 3.50. The molecular formula is C13H18F2O4. The Bertz CT molecular complexity index is 414. The second kappa shape index (κ2) is 7.56. The molecule has 0 spiro atoms. The van der Waals surface area contributed by atoms with E-state index in [2.05, 4.69) is 9.47 Å². The minimum Gasteiger partial charge on any atom is -0.493 e. The monoisotopic (exact) mass is 276 g/mol. The number of halogens is 2. The molecule has 1 rings (SSSR count). The van der Waals surface area contributed by atoms with Crippen molar-refractivity contribution in [1.82, 2.24) is 0 Å². The van der Waals surface area contributed by atoms with Crippen molar-refractivity contribution in [2.45, 2.75) is 26.9 Å². The standard InChI is InChI=1S/C11H12F2O4.C2H6/c1-11(12,13)17-8-5-4-7(10(14)16-3)6-9(8)15-2;1-2/h4-6H,1-3H3;1-2H3. The van der Waals surface area contributed by atoms with Crippen LogP contribution in [0.4, 0.5) is 8.78 Å². The van der Waals surface area contributed by atoms with Crippen LogP contribution in [-0.2, 0) is 4.74 Å². The third-order valence-corrected chi connectivity index (χ3v) is 1.87. The number of ether oxygens (including phenoxy) is 3. The molecule has 0 aliphatic heterocycles. The van der Waals surface area contributed by atoms with Crippen LogP contribution in [0.5, 0.6) is 11.5 Å². The summed E-state index contributed by atoms with van der Waals surface area (Å²) in [5, 5.41) is 0. The highest BCUT2D eigenvalue weighted by molar-refractivity contribution is 5.90. The van der Waals surface area contributed by atoms with Crippen molar-refractivity contribution in [1.29, 1.82) is 0 Å². The van der Waals surface area contributed by atoms with Crippen molar-refractivity contribution >= 4 is 5.97 Å². The van der Waals surface area contributed by atoms with Crippen LogP contribution in [0, 0.1) is 0 Å².